The molecule has 0 spiro atoms. The zero-order valence-corrected chi connectivity index (χ0v) is 14.7. The normalized spacial score (nSPS) is 15.0. The first-order chi connectivity index (χ1) is 12.1. The lowest BCUT2D eigenvalue weighted by Gasteiger charge is -2.26. The van der Waals surface area contributed by atoms with E-state index in [1.807, 2.05) is 0 Å². The molecule has 0 saturated carbocycles. The summed E-state index contributed by atoms with van der Waals surface area (Å²) in [5.41, 5.74) is 1.50. The molecule has 0 saturated heterocycles. The number of H-pyrrole nitrogens is 1. The van der Waals surface area contributed by atoms with Gasteiger partial charge in [0.25, 0.3) is 15.6 Å². The van der Waals surface area contributed by atoms with Crippen LogP contribution in [0.25, 0.3) is 11.4 Å². The van der Waals surface area contributed by atoms with Crippen LogP contribution in [-0.2, 0) is 23.0 Å². The van der Waals surface area contributed by atoms with Gasteiger partial charge in [0.2, 0.25) is 0 Å². The number of aromatic amines is 1. The molecule has 3 aromatic heterocycles. The predicted molar refractivity (Wildman–Crippen MR) is 93.7 cm³/mol. The number of aromatic nitrogens is 3. The monoisotopic (exact) mass is 374 g/mol. The van der Waals surface area contributed by atoms with E-state index in [9.17, 15) is 13.2 Å². The third kappa shape index (κ3) is 2.90. The van der Waals surface area contributed by atoms with E-state index in [1.165, 1.54) is 15.6 Å². The minimum Gasteiger partial charge on any atom is -0.306 e. The number of thiophene rings is 1. The second kappa shape index (κ2) is 6.17. The highest BCUT2D eigenvalue weighted by molar-refractivity contribution is 7.91. The van der Waals surface area contributed by atoms with Crippen molar-refractivity contribution in [2.24, 2.45) is 0 Å². The van der Waals surface area contributed by atoms with Gasteiger partial charge < -0.3 is 4.98 Å². The number of fused-ring (bicyclic) bond motifs is 1. The van der Waals surface area contributed by atoms with Gasteiger partial charge in [-0.3, -0.25) is 9.78 Å². The Morgan fingerprint density at radius 1 is 1.24 bits per heavy atom. The van der Waals surface area contributed by atoms with Gasteiger partial charge in [-0.2, -0.15) is 4.31 Å². The van der Waals surface area contributed by atoms with Gasteiger partial charge in [-0.05, 0) is 30.0 Å². The van der Waals surface area contributed by atoms with Crippen LogP contribution in [0.1, 0.15) is 11.3 Å². The maximum atomic E-state index is 12.7. The number of rotatable bonds is 3. The molecule has 0 fully saturated rings. The SMILES string of the molecule is O=c1[nH]c(-c2cccnc2)nc2c1CCN(S(=O)(=O)c1cccs1)C2. The van der Waals surface area contributed by atoms with Crippen molar-refractivity contribution in [3.8, 4) is 11.4 Å². The third-order valence-electron chi connectivity index (χ3n) is 4.06. The maximum Gasteiger partial charge on any atom is 0.254 e. The summed E-state index contributed by atoms with van der Waals surface area (Å²) in [6.07, 6.45) is 3.58. The second-order valence-corrected chi connectivity index (χ2v) is 8.71. The molecule has 0 bridgehead atoms. The van der Waals surface area contributed by atoms with Crippen molar-refractivity contribution in [1.29, 1.82) is 0 Å². The van der Waals surface area contributed by atoms with Crippen LogP contribution in [0.3, 0.4) is 0 Å². The number of hydrogen-bond acceptors (Lipinski definition) is 6. The summed E-state index contributed by atoms with van der Waals surface area (Å²) in [6, 6.07) is 6.84. The average molecular weight is 374 g/mol. The summed E-state index contributed by atoms with van der Waals surface area (Å²) >= 11 is 1.18. The van der Waals surface area contributed by atoms with Crippen LogP contribution in [0, 0.1) is 0 Å². The zero-order valence-electron chi connectivity index (χ0n) is 13.0. The second-order valence-electron chi connectivity index (χ2n) is 5.60. The van der Waals surface area contributed by atoms with E-state index in [-0.39, 0.29) is 18.6 Å². The van der Waals surface area contributed by atoms with Crippen molar-refractivity contribution < 1.29 is 8.42 Å². The average Bonchev–Trinajstić information content (AvgIpc) is 3.17. The Hall–Kier alpha value is -2.36. The molecule has 25 heavy (non-hydrogen) atoms. The summed E-state index contributed by atoms with van der Waals surface area (Å²) < 4.78 is 27.1. The van der Waals surface area contributed by atoms with E-state index in [2.05, 4.69) is 15.0 Å². The quantitative estimate of drug-likeness (QED) is 0.752. The van der Waals surface area contributed by atoms with Crippen LogP contribution in [0.15, 0.2) is 51.0 Å². The molecule has 0 aromatic carbocycles. The summed E-state index contributed by atoms with van der Waals surface area (Å²) in [4.78, 5) is 23.6. The summed E-state index contributed by atoms with van der Waals surface area (Å²) in [6.45, 7) is 0.358. The molecule has 0 aliphatic carbocycles. The molecule has 3 aromatic rings. The van der Waals surface area contributed by atoms with Crippen molar-refractivity contribution >= 4 is 21.4 Å². The first kappa shape index (κ1) is 16.1. The molecule has 0 atom stereocenters. The molecule has 0 unspecified atom stereocenters. The summed E-state index contributed by atoms with van der Waals surface area (Å²) in [5, 5.41) is 1.73. The summed E-state index contributed by atoms with van der Waals surface area (Å²) in [5.74, 6) is 0.396. The highest BCUT2D eigenvalue weighted by Crippen LogP contribution is 2.26. The molecule has 1 N–H and O–H groups in total. The van der Waals surface area contributed by atoms with Crippen LogP contribution >= 0.6 is 11.3 Å². The first-order valence-electron chi connectivity index (χ1n) is 7.62. The Labute approximate surface area is 148 Å². The van der Waals surface area contributed by atoms with Crippen LogP contribution in [-0.4, -0.2) is 34.2 Å². The predicted octanol–water partition coefficient (Wildman–Crippen LogP) is 1.64. The third-order valence-corrected chi connectivity index (χ3v) is 7.28. The van der Waals surface area contributed by atoms with E-state index in [4.69, 9.17) is 0 Å². The molecule has 4 heterocycles. The molecule has 4 rings (SSSR count). The lowest BCUT2D eigenvalue weighted by molar-refractivity contribution is 0.385. The van der Waals surface area contributed by atoms with Crippen LogP contribution in [0.2, 0.25) is 0 Å². The van der Waals surface area contributed by atoms with Gasteiger partial charge in [0.1, 0.15) is 10.0 Å². The van der Waals surface area contributed by atoms with Crippen molar-refractivity contribution in [3.63, 3.8) is 0 Å². The van der Waals surface area contributed by atoms with Gasteiger partial charge in [-0.1, -0.05) is 6.07 Å². The Morgan fingerprint density at radius 3 is 2.84 bits per heavy atom. The number of nitrogens with zero attached hydrogens (tertiary/aromatic N) is 3. The van der Waals surface area contributed by atoms with Gasteiger partial charge in [0.05, 0.1) is 12.2 Å². The molecule has 1 aliphatic heterocycles. The summed E-state index contributed by atoms with van der Waals surface area (Å²) in [7, 11) is -3.56. The first-order valence-corrected chi connectivity index (χ1v) is 9.94. The highest BCUT2D eigenvalue weighted by atomic mass is 32.2. The van der Waals surface area contributed by atoms with Crippen LogP contribution in [0.4, 0.5) is 0 Å². The van der Waals surface area contributed by atoms with Gasteiger partial charge >= 0.3 is 0 Å². The molecule has 0 amide bonds. The van der Waals surface area contributed by atoms with Gasteiger partial charge in [-0.25, -0.2) is 13.4 Å². The Kier molecular flexibility index (Phi) is 3.98. The van der Waals surface area contributed by atoms with Gasteiger partial charge in [0.15, 0.2) is 0 Å². The Bertz CT molecular complexity index is 1060. The van der Waals surface area contributed by atoms with Crippen molar-refractivity contribution in [3.05, 3.63) is 63.7 Å². The largest absolute Gasteiger partial charge is 0.306 e. The van der Waals surface area contributed by atoms with E-state index < -0.39 is 10.0 Å². The lowest BCUT2D eigenvalue weighted by atomic mass is 10.1. The fourth-order valence-corrected chi connectivity index (χ4v) is 5.34. The standard InChI is InChI=1S/C16H14N4O3S2/c21-16-12-5-7-20(25(22,23)14-4-2-8-24-14)10-13(12)18-15(19-16)11-3-1-6-17-9-11/h1-4,6,8-9H,5,7,10H2,(H,18,19,21). The fourth-order valence-electron chi connectivity index (χ4n) is 2.80. The van der Waals surface area contributed by atoms with E-state index in [0.717, 1.165) is 0 Å². The molecule has 7 nitrogen and oxygen atoms in total. The molecular weight excluding hydrogens is 360 g/mol. The van der Waals surface area contributed by atoms with Crippen LogP contribution in [0.5, 0.6) is 0 Å². The lowest BCUT2D eigenvalue weighted by Crippen LogP contribution is -2.38. The smallest absolute Gasteiger partial charge is 0.254 e. The zero-order chi connectivity index (χ0) is 17.4. The maximum absolute atomic E-state index is 12.7. The van der Waals surface area contributed by atoms with Crippen LogP contribution < -0.4 is 5.56 Å². The molecule has 9 heteroatoms. The number of pyridine rings is 1. The topological polar surface area (TPSA) is 96.0 Å². The molecule has 0 radical (unpaired) electrons. The van der Waals surface area contributed by atoms with E-state index in [1.54, 1.807) is 42.0 Å². The number of hydrogen-bond donors (Lipinski definition) is 1. The minimum absolute atomic E-state index is 0.0900. The van der Waals surface area contributed by atoms with Gasteiger partial charge in [-0.15, -0.1) is 11.3 Å². The van der Waals surface area contributed by atoms with E-state index >= 15 is 0 Å². The fraction of sp³-hybridized carbons (Fsp3) is 0.188. The van der Waals surface area contributed by atoms with Gasteiger partial charge in [0, 0.05) is 30.1 Å². The van der Waals surface area contributed by atoms with E-state index in [0.29, 0.717) is 33.3 Å². The Morgan fingerprint density at radius 2 is 2.12 bits per heavy atom. The number of nitrogens with one attached hydrogen (secondary N) is 1. The molecule has 1 aliphatic rings. The Balaban J connectivity index is 1.73. The van der Waals surface area contributed by atoms with Crippen molar-refractivity contribution in [2.75, 3.05) is 6.54 Å². The van der Waals surface area contributed by atoms with Crippen molar-refractivity contribution in [1.82, 2.24) is 19.3 Å². The molecule has 128 valence electrons. The number of sulfonamides is 1. The highest BCUT2D eigenvalue weighted by Gasteiger charge is 2.31. The minimum atomic E-state index is -3.56. The van der Waals surface area contributed by atoms with Crippen molar-refractivity contribution in [2.45, 2.75) is 17.2 Å². The molecular formula is C16H14N4O3S2.